The quantitative estimate of drug-likeness (QED) is 0.804. The maximum Gasteiger partial charge on any atom is 0.224 e. The summed E-state index contributed by atoms with van der Waals surface area (Å²) in [5, 5.41) is 5.93. The molecule has 0 saturated carbocycles. The molecule has 7 heteroatoms. The van der Waals surface area contributed by atoms with E-state index in [0.717, 1.165) is 11.4 Å². The Bertz CT molecular complexity index is 817. The normalized spacial score (nSPS) is 13.9. The van der Waals surface area contributed by atoms with E-state index in [-0.39, 0.29) is 17.6 Å². The highest BCUT2D eigenvalue weighted by atomic mass is 19.1. The fourth-order valence-corrected chi connectivity index (χ4v) is 3.25. The average Bonchev–Trinajstić information content (AvgIpc) is 2.69. The van der Waals surface area contributed by atoms with Crippen molar-refractivity contribution in [1.82, 2.24) is 4.90 Å². The van der Waals surface area contributed by atoms with E-state index in [2.05, 4.69) is 10.6 Å². The number of anilines is 3. The summed E-state index contributed by atoms with van der Waals surface area (Å²) in [6.07, 6.45) is 0.396. The van der Waals surface area contributed by atoms with Crippen LogP contribution in [0.1, 0.15) is 13.3 Å². The molecule has 2 amide bonds. The number of hydrogen-bond acceptors (Lipinski definition) is 4. The van der Waals surface area contributed by atoms with Crippen LogP contribution in [0.15, 0.2) is 48.5 Å². The fourth-order valence-electron chi connectivity index (χ4n) is 3.25. The van der Waals surface area contributed by atoms with E-state index in [0.29, 0.717) is 44.8 Å². The van der Waals surface area contributed by atoms with Crippen LogP contribution in [0, 0.1) is 5.82 Å². The van der Waals surface area contributed by atoms with Gasteiger partial charge in [0, 0.05) is 57.4 Å². The summed E-state index contributed by atoms with van der Waals surface area (Å²) in [6.45, 7) is 4.45. The Kier molecular flexibility index (Phi) is 6.47. The molecule has 1 aliphatic heterocycles. The van der Waals surface area contributed by atoms with Crippen molar-refractivity contribution in [1.29, 1.82) is 0 Å². The third-order valence-electron chi connectivity index (χ3n) is 4.70. The number of amides is 2. The molecule has 3 rings (SSSR count). The third kappa shape index (κ3) is 5.22. The van der Waals surface area contributed by atoms with Crippen molar-refractivity contribution in [3.05, 3.63) is 54.3 Å². The summed E-state index contributed by atoms with van der Waals surface area (Å²) < 4.78 is 13.9. The molecule has 0 unspecified atom stereocenters. The lowest BCUT2D eigenvalue weighted by Crippen LogP contribution is -2.49. The van der Waals surface area contributed by atoms with Crippen LogP contribution >= 0.6 is 0 Å². The second kappa shape index (κ2) is 9.21. The van der Waals surface area contributed by atoms with Crippen molar-refractivity contribution in [2.24, 2.45) is 0 Å². The molecule has 28 heavy (non-hydrogen) atoms. The molecule has 2 N–H and O–H groups in total. The second-order valence-corrected chi connectivity index (χ2v) is 6.75. The van der Waals surface area contributed by atoms with Crippen LogP contribution in [0.3, 0.4) is 0 Å². The lowest BCUT2D eigenvalue weighted by Gasteiger charge is -2.36. The zero-order valence-corrected chi connectivity index (χ0v) is 16.0. The number of carbonyl (C=O) groups is 2. The van der Waals surface area contributed by atoms with Crippen LogP contribution in [-0.2, 0) is 9.59 Å². The number of benzene rings is 2. The lowest BCUT2D eigenvalue weighted by atomic mass is 10.2. The molecule has 2 aromatic carbocycles. The van der Waals surface area contributed by atoms with Gasteiger partial charge in [-0.25, -0.2) is 4.39 Å². The van der Waals surface area contributed by atoms with E-state index in [1.807, 2.05) is 40.1 Å². The molecule has 1 heterocycles. The Balaban J connectivity index is 1.41. The number of nitrogens with zero attached hydrogens (tertiary/aromatic N) is 2. The zero-order chi connectivity index (χ0) is 19.9. The predicted molar refractivity (Wildman–Crippen MR) is 109 cm³/mol. The third-order valence-corrected chi connectivity index (χ3v) is 4.70. The number of carbonyl (C=O) groups excluding carboxylic acids is 2. The largest absolute Gasteiger partial charge is 0.385 e. The van der Waals surface area contributed by atoms with Gasteiger partial charge in [-0.3, -0.25) is 9.59 Å². The second-order valence-electron chi connectivity index (χ2n) is 6.75. The Morgan fingerprint density at radius 3 is 2.25 bits per heavy atom. The lowest BCUT2D eigenvalue weighted by molar-refractivity contribution is -0.131. The van der Waals surface area contributed by atoms with Crippen LogP contribution in [0.25, 0.3) is 0 Å². The highest BCUT2D eigenvalue weighted by Gasteiger charge is 2.22. The van der Waals surface area contributed by atoms with Gasteiger partial charge < -0.3 is 20.4 Å². The molecule has 0 spiro atoms. The SMILES string of the molecule is CC(=O)Nc1ccc(NCCC(=O)N2CCN(c3ccccc3F)CC2)cc1. The first-order valence-corrected chi connectivity index (χ1v) is 9.42. The van der Waals surface area contributed by atoms with Gasteiger partial charge in [0.2, 0.25) is 11.8 Å². The van der Waals surface area contributed by atoms with Gasteiger partial charge in [-0.05, 0) is 36.4 Å². The zero-order valence-electron chi connectivity index (χ0n) is 16.0. The summed E-state index contributed by atoms with van der Waals surface area (Å²) in [6, 6.07) is 14.1. The van der Waals surface area contributed by atoms with Crippen molar-refractivity contribution in [3.63, 3.8) is 0 Å². The van der Waals surface area contributed by atoms with Crippen LogP contribution < -0.4 is 15.5 Å². The number of piperazine rings is 1. The van der Waals surface area contributed by atoms with Crippen molar-refractivity contribution >= 4 is 28.9 Å². The first kappa shape index (κ1) is 19.7. The van der Waals surface area contributed by atoms with Crippen molar-refractivity contribution in [2.45, 2.75) is 13.3 Å². The van der Waals surface area contributed by atoms with E-state index in [4.69, 9.17) is 0 Å². The van der Waals surface area contributed by atoms with Gasteiger partial charge in [0.25, 0.3) is 0 Å². The maximum atomic E-state index is 13.9. The molecule has 1 fully saturated rings. The van der Waals surface area contributed by atoms with Crippen LogP contribution in [0.2, 0.25) is 0 Å². The smallest absolute Gasteiger partial charge is 0.224 e. The number of hydrogen-bond donors (Lipinski definition) is 2. The number of halogens is 1. The van der Waals surface area contributed by atoms with Gasteiger partial charge in [0.05, 0.1) is 5.69 Å². The van der Waals surface area contributed by atoms with Crippen molar-refractivity contribution in [3.8, 4) is 0 Å². The van der Waals surface area contributed by atoms with Crippen molar-refractivity contribution in [2.75, 3.05) is 48.3 Å². The highest BCUT2D eigenvalue weighted by Crippen LogP contribution is 2.20. The summed E-state index contributed by atoms with van der Waals surface area (Å²) in [7, 11) is 0. The van der Waals surface area contributed by atoms with Gasteiger partial charge in [-0.1, -0.05) is 12.1 Å². The van der Waals surface area contributed by atoms with E-state index in [9.17, 15) is 14.0 Å². The molecule has 148 valence electrons. The molecule has 0 aromatic heterocycles. The van der Waals surface area contributed by atoms with E-state index in [1.165, 1.54) is 13.0 Å². The van der Waals surface area contributed by atoms with Crippen molar-refractivity contribution < 1.29 is 14.0 Å². The Hall–Kier alpha value is -3.09. The molecular formula is C21H25FN4O2. The number of nitrogens with one attached hydrogen (secondary N) is 2. The minimum atomic E-state index is -0.226. The van der Waals surface area contributed by atoms with Gasteiger partial charge in [0.1, 0.15) is 5.82 Å². The van der Waals surface area contributed by atoms with Gasteiger partial charge in [0.15, 0.2) is 0 Å². The van der Waals surface area contributed by atoms with Crippen LogP contribution in [-0.4, -0.2) is 49.4 Å². The fraction of sp³-hybridized carbons (Fsp3) is 0.333. The Morgan fingerprint density at radius 2 is 1.61 bits per heavy atom. The number of rotatable bonds is 6. The first-order chi connectivity index (χ1) is 13.5. The maximum absolute atomic E-state index is 13.9. The van der Waals surface area contributed by atoms with Gasteiger partial charge in [-0.2, -0.15) is 0 Å². The van der Waals surface area contributed by atoms with E-state index in [1.54, 1.807) is 12.1 Å². The summed E-state index contributed by atoms with van der Waals surface area (Å²) in [5.41, 5.74) is 2.23. The predicted octanol–water partition coefficient (Wildman–Crippen LogP) is 2.93. The molecule has 1 saturated heterocycles. The average molecular weight is 384 g/mol. The van der Waals surface area contributed by atoms with Crippen LogP contribution in [0.4, 0.5) is 21.5 Å². The molecule has 6 nitrogen and oxygen atoms in total. The summed E-state index contributed by atoms with van der Waals surface area (Å²) >= 11 is 0. The van der Waals surface area contributed by atoms with Gasteiger partial charge >= 0.3 is 0 Å². The molecule has 2 aromatic rings. The first-order valence-electron chi connectivity index (χ1n) is 9.42. The summed E-state index contributed by atoms with van der Waals surface area (Å²) in [5.74, 6) is -0.243. The molecule has 0 radical (unpaired) electrons. The molecule has 1 aliphatic rings. The van der Waals surface area contributed by atoms with E-state index < -0.39 is 0 Å². The monoisotopic (exact) mass is 384 g/mol. The molecular weight excluding hydrogens is 359 g/mol. The van der Waals surface area contributed by atoms with E-state index >= 15 is 0 Å². The standard InChI is InChI=1S/C21H25FN4O2/c1-16(27)24-18-8-6-17(7-9-18)23-11-10-21(28)26-14-12-25(13-15-26)20-5-3-2-4-19(20)22/h2-9,23H,10-15H2,1H3,(H,24,27). The Labute approximate surface area is 164 Å². The molecule has 0 bridgehead atoms. The molecule has 0 atom stereocenters. The highest BCUT2D eigenvalue weighted by molar-refractivity contribution is 5.88. The van der Waals surface area contributed by atoms with Gasteiger partial charge in [-0.15, -0.1) is 0 Å². The Morgan fingerprint density at radius 1 is 0.964 bits per heavy atom. The molecule has 0 aliphatic carbocycles. The topological polar surface area (TPSA) is 64.7 Å². The number of para-hydroxylation sites is 1. The summed E-state index contributed by atoms with van der Waals surface area (Å²) in [4.78, 5) is 27.3. The minimum absolute atomic E-state index is 0.0931. The minimum Gasteiger partial charge on any atom is -0.385 e. The van der Waals surface area contributed by atoms with Crippen LogP contribution in [0.5, 0.6) is 0 Å².